The molecule has 1 saturated carbocycles. The number of carbonyl (C=O) groups excluding carboxylic acids is 3. The molecule has 28 heavy (non-hydrogen) atoms. The average molecular weight is 388 g/mol. The van der Waals surface area contributed by atoms with Crippen LogP contribution in [0.15, 0.2) is 24.3 Å². The van der Waals surface area contributed by atoms with Crippen LogP contribution >= 0.6 is 0 Å². The summed E-state index contributed by atoms with van der Waals surface area (Å²) in [6, 6.07) is 6.69. The van der Waals surface area contributed by atoms with E-state index >= 15 is 0 Å². The molecule has 0 atom stereocenters. The van der Waals surface area contributed by atoms with Crippen LogP contribution in [0.2, 0.25) is 0 Å². The third kappa shape index (κ3) is 5.69. The highest BCUT2D eigenvalue weighted by atomic mass is 16.5. The fourth-order valence-corrected chi connectivity index (χ4v) is 3.27. The minimum absolute atomic E-state index is 0.0171. The second-order valence-electron chi connectivity index (χ2n) is 7.31. The zero-order valence-corrected chi connectivity index (χ0v) is 16.2. The molecule has 1 aliphatic heterocycles. The number of carbonyl (C=O) groups is 3. The smallest absolute Gasteiger partial charge is 0.319 e. The highest BCUT2D eigenvalue weighted by Gasteiger charge is 2.35. The largest absolute Gasteiger partial charge is 0.383 e. The SMILES string of the molecule is COCCNC(=O)Nc1ccc(NC(=O)C2CCN(C(=O)C3CC3)CC2)cc1. The maximum Gasteiger partial charge on any atom is 0.319 e. The predicted octanol–water partition coefficient (Wildman–Crippen LogP) is 2.04. The summed E-state index contributed by atoms with van der Waals surface area (Å²) in [6.45, 7) is 2.20. The number of urea groups is 1. The molecule has 0 radical (unpaired) electrons. The maximum atomic E-state index is 12.5. The van der Waals surface area contributed by atoms with Crippen LogP contribution < -0.4 is 16.0 Å². The van der Waals surface area contributed by atoms with Gasteiger partial charge in [0.25, 0.3) is 0 Å². The molecule has 0 spiro atoms. The highest BCUT2D eigenvalue weighted by Crippen LogP contribution is 2.32. The topological polar surface area (TPSA) is 99.8 Å². The van der Waals surface area contributed by atoms with Gasteiger partial charge < -0.3 is 25.6 Å². The quantitative estimate of drug-likeness (QED) is 0.623. The number of methoxy groups -OCH3 is 1. The van der Waals surface area contributed by atoms with Gasteiger partial charge in [0.15, 0.2) is 0 Å². The highest BCUT2D eigenvalue weighted by molar-refractivity contribution is 5.94. The van der Waals surface area contributed by atoms with Crippen LogP contribution in [0, 0.1) is 11.8 Å². The summed E-state index contributed by atoms with van der Waals surface area (Å²) in [6.07, 6.45) is 3.43. The zero-order valence-electron chi connectivity index (χ0n) is 16.2. The van der Waals surface area contributed by atoms with Crippen molar-refractivity contribution in [1.82, 2.24) is 10.2 Å². The number of ether oxygens (including phenoxy) is 1. The van der Waals surface area contributed by atoms with Gasteiger partial charge >= 0.3 is 6.03 Å². The van der Waals surface area contributed by atoms with Crippen molar-refractivity contribution >= 4 is 29.2 Å². The number of nitrogens with zero attached hydrogens (tertiary/aromatic N) is 1. The number of amides is 4. The first kappa shape index (κ1) is 20.1. The Hall–Kier alpha value is -2.61. The van der Waals surface area contributed by atoms with Crippen LogP contribution in [0.4, 0.5) is 16.2 Å². The number of likely N-dealkylation sites (tertiary alicyclic amines) is 1. The van der Waals surface area contributed by atoms with Crippen molar-refractivity contribution in [2.75, 3.05) is 44.0 Å². The summed E-state index contributed by atoms with van der Waals surface area (Å²) in [5.74, 6) is 0.400. The van der Waals surface area contributed by atoms with E-state index in [1.165, 1.54) is 0 Å². The van der Waals surface area contributed by atoms with E-state index in [2.05, 4.69) is 16.0 Å². The molecule has 0 aromatic heterocycles. The molecule has 3 rings (SSSR count). The summed E-state index contributed by atoms with van der Waals surface area (Å²) in [5.41, 5.74) is 1.33. The van der Waals surface area contributed by atoms with Crippen molar-refractivity contribution in [3.63, 3.8) is 0 Å². The maximum absolute atomic E-state index is 12.5. The van der Waals surface area contributed by atoms with Gasteiger partial charge in [-0.2, -0.15) is 0 Å². The molecule has 1 aliphatic carbocycles. The molecule has 4 amide bonds. The Balaban J connectivity index is 1.42. The lowest BCUT2D eigenvalue weighted by Crippen LogP contribution is -2.42. The Kier molecular flexibility index (Phi) is 6.86. The molecule has 0 unspecified atom stereocenters. The fourth-order valence-electron chi connectivity index (χ4n) is 3.27. The summed E-state index contributed by atoms with van der Waals surface area (Å²) < 4.78 is 4.87. The predicted molar refractivity (Wildman–Crippen MR) is 106 cm³/mol. The number of hydrogen-bond donors (Lipinski definition) is 3. The van der Waals surface area contributed by atoms with Gasteiger partial charge in [-0.15, -0.1) is 0 Å². The summed E-state index contributed by atoms with van der Waals surface area (Å²) in [4.78, 5) is 38.2. The Morgan fingerprint density at radius 2 is 1.57 bits per heavy atom. The normalized spacial score (nSPS) is 17.1. The standard InChI is InChI=1S/C20H28N4O4/c1-28-13-10-21-20(27)23-17-6-4-16(5-7-17)22-18(25)14-8-11-24(12-9-14)19(26)15-2-3-15/h4-7,14-15H,2-3,8-13H2,1H3,(H,22,25)(H2,21,23,27). The van der Waals surface area contributed by atoms with Crippen molar-refractivity contribution < 1.29 is 19.1 Å². The van der Waals surface area contributed by atoms with E-state index in [-0.39, 0.29) is 29.7 Å². The van der Waals surface area contributed by atoms with Crippen LogP contribution in [0.3, 0.4) is 0 Å². The number of anilines is 2. The molecule has 3 N–H and O–H groups in total. The molecular weight excluding hydrogens is 360 g/mol. The molecule has 1 heterocycles. The van der Waals surface area contributed by atoms with E-state index < -0.39 is 0 Å². The zero-order chi connectivity index (χ0) is 19.9. The Bertz CT molecular complexity index is 695. The van der Waals surface area contributed by atoms with Gasteiger partial charge in [0.1, 0.15) is 0 Å². The number of rotatable bonds is 7. The van der Waals surface area contributed by atoms with Crippen LogP contribution in [-0.4, -0.2) is 56.1 Å². The van der Waals surface area contributed by atoms with Gasteiger partial charge in [-0.05, 0) is 49.9 Å². The van der Waals surface area contributed by atoms with E-state index in [1.807, 2.05) is 4.90 Å². The second-order valence-corrected chi connectivity index (χ2v) is 7.31. The molecule has 1 aromatic rings. The summed E-state index contributed by atoms with van der Waals surface area (Å²) >= 11 is 0. The van der Waals surface area contributed by atoms with Crippen LogP contribution in [-0.2, 0) is 14.3 Å². The summed E-state index contributed by atoms with van der Waals surface area (Å²) in [5, 5.41) is 8.32. The lowest BCUT2D eigenvalue weighted by molar-refractivity contribution is -0.135. The third-order valence-electron chi connectivity index (χ3n) is 5.11. The Morgan fingerprint density at radius 3 is 2.14 bits per heavy atom. The monoisotopic (exact) mass is 388 g/mol. The van der Waals surface area contributed by atoms with Crippen molar-refractivity contribution in [1.29, 1.82) is 0 Å². The van der Waals surface area contributed by atoms with E-state index in [0.717, 1.165) is 12.8 Å². The van der Waals surface area contributed by atoms with Gasteiger partial charge in [0.05, 0.1) is 6.61 Å². The van der Waals surface area contributed by atoms with Crippen LogP contribution in [0.25, 0.3) is 0 Å². The number of nitrogens with one attached hydrogen (secondary N) is 3. The average Bonchev–Trinajstić information content (AvgIpc) is 3.54. The molecule has 1 aromatic carbocycles. The molecule has 0 bridgehead atoms. The van der Waals surface area contributed by atoms with Gasteiger partial charge in [0, 0.05) is 50.0 Å². The number of hydrogen-bond acceptors (Lipinski definition) is 4. The van der Waals surface area contributed by atoms with E-state index in [9.17, 15) is 14.4 Å². The van der Waals surface area contributed by atoms with Gasteiger partial charge in [0.2, 0.25) is 11.8 Å². The molecule has 8 heteroatoms. The third-order valence-corrected chi connectivity index (χ3v) is 5.11. The van der Waals surface area contributed by atoms with Crippen LogP contribution in [0.5, 0.6) is 0 Å². The van der Waals surface area contributed by atoms with Crippen molar-refractivity contribution in [3.8, 4) is 0 Å². The molecule has 1 saturated heterocycles. The molecule has 8 nitrogen and oxygen atoms in total. The second kappa shape index (κ2) is 9.54. The first-order valence-corrected chi connectivity index (χ1v) is 9.80. The Labute approximate surface area is 165 Å². The first-order valence-electron chi connectivity index (χ1n) is 9.80. The molecule has 152 valence electrons. The first-order chi connectivity index (χ1) is 13.6. The van der Waals surface area contributed by atoms with E-state index in [0.29, 0.717) is 50.5 Å². The van der Waals surface area contributed by atoms with Gasteiger partial charge in [-0.3, -0.25) is 9.59 Å². The summed E-state index contributed by atoms with van der Waals surface area (Å²) in [7, 11) is 1.57. The molecule has 2 fully saturated rings. The van der Waals surface area contributed by atoms with Crippen molar-refractivity contribution in [3.05, 3.63) is 24.3 Å². The van der Waals surface area contributed by atoms with Crippen molar-refractivity contribution in [2.24, 2.45) is 11.8 Å². The van der Waals surface area contributed by atoms with E-state index in [4.69, 9.17) is 4.74 Å². The minimum Gasteiger partial charge on any atom is -0.383 e. The lowest BCUT2D eigenvalue weighted by atomic mass is 9.95. The molecule has 2 aliphatic rings. The fraction of sp³-hybridized carbons (Fsp3) is 0.550. The van der Waals surface area contributed by atoms with Gasteiger partial charge in [-0.1, -0.05) is 0 Å². The molecular formula is C20H28N4O4. The Morgan fingerprint density at radius 1 is 0.964 bits per heavy atom. The minimum atomic E-state index is -0.304. The lowest BCUT2D eigenvalue weighted by Gasteiger charge is -2.31. The van der Waals surface area contributed by atoms with E-state index in [1.54, 1.807) is 31.4 Å². The van der Waals surface area contributed by atoms with Crippen molar-refractivity contribution in [2.45, 2.75) is 25.7 Å². The number of piperidine rings is 1. The van der Waals surface area contributed by atoms with Crippen LogP contribution in [0.1, 0.15) is 25.7 Å². The van der Waals surface area contributed by atoms with Gasteiger partial charge in [-0.25, -0.2) is 4.79 Å². The number of benzene rings is 1.